The highest BCUT2D eigenvalue weighted by atomic mass is 16.5. The van der Waals surface area contributed by atoms with Gasteiger partial charge in [0.1, 0.15) is 17.3 Å². The van der Waals surface area contributed by atoms with Gasteiger partial charge in [-0.1, -0.05) is 30.3 Å². The Morgan fingerprint density at radius 1 is 0.972 bits per heavy atom. The van der Waals surface area contributed by atoms with Crippen LogP contribution in [0.2, 0.25) is 0 Å². The molecule has 0 saturated carbocycles. The summed E-state index contributed by atoms with van der Waals surface area (Å²) < 4.78 is 11.0. The molecule has 1 aliphatic rings. The average molecular weight is 487 g/mol. The van der Waals surface area contributed by atoms with Crippen molar-refractivity contribution in [3.8, 4) is 11.5 Å². The van der Waals surface area contributed by atoms with Crippen molar-refractivity contribution in [2.75, 3.05) is 32.7 Å². The molecule has 1 saturated heterocycles. The molecule has 1 amide bonds. The van der Waals surface area contributed by atoms with Crippen LogP contribution in [-0.4, -0.2) is 49.5 Å². The maximum atomic E-state index is 13.3. The van der Waals surface area contributed by atoms with Crippen LogP contribution in [0.5, 0.6) is 11.5 Å². The standard InChI is InChI=1S/C29H30N2O5/c1-5-36-23-16-12-20(13-17-23)27(32)25-26(19-10-14-22(15-11-19)30(2)3)31(29(34)28(25)33)18-21-8-6-7-9-24(21)35-4/h6-17,26,32H,5,18H2,1-4H3/b27-25-. The van der Waals surface area contributed by atoms with Crippen molar-refractivity contribution in [1.29, 1.82) is 0 Å². The minimum absolute atomic E-state index is 0.0525. The number of aliphatic hydroxyl groups excluding tert-OH is 1. The fourth-order valence-electron chi connectivity index (χ4n) is 4.39. The summed E-state index contributed by atoms with van der Waals surface area (Å²) in [6.07, 6.45) is 0. The van der Waals surface area contributed by atoms with Crippen LogP contribution in [0.3, 0.4) is 0 Å². The smallest absolute Gasteiger partial charge is 0.295 e. The lowest BCUT2D eigenvalue weighted by Gasteiger charge is -2.26. The zero-order valence-electron chi connectivity index (χ0n) is 20.9. The molecule has 0 bridgehead atoms. The van der Waals surface area contributed by atoms with E-state index in [4.69, 9.17) is 9.47 Å². The topological polar surface area (TPSA) is 79.3 Å². The Morgan fingerprint density at radius 2 is 1.64 bits per heavy atom. The molecule has 0 radical (unpaired) electrons. The lowest BCUT2D eigenvalue weighted by molar-refractivity contribution is -0.140. The van der Waals surface area contributed by atoms with E-state index in [0.29, 0.717) is 23.7 Å². The minimum Gasteiger partial charge on any atom is -0.507 e. The van der Waals surface area contributed by atoms with Gasteiger partial charge in [0.05, 0.1) is 31.9 Å². The van der Waals surface area contributed by atoms with Gasteiger partial charge in [-0.15, -0.1) is 0 Å². The molecule has 7 heteroatoms. The number of rotatable bonds is 8. The van der Waals surface area contributed by atoms with Crippen LogP contribution in [0.4, 0.5) is 5.69 Å². The molecule has 3 aromatic carbocycles. The minimum atomic E-state index is -0.766. The molecule has 4 rings (SSSR count). The molecule has 1 unspecified atom stereocenters. The first-order chi connectivity index (χ1) is 17.3. The molecule has 0 aromatic heterocycles. The third kappa shape index (κ3) is 4.77. The Bertz CT molecular complexity index is 1280. The fourth-order valence-corrected chi connectivity index (χ4v) is 4.39. The van der Waals surface area contributed by atoms with Crippen LogP contribution in [0.15, 0.2) is 78.4 Å². The van der Waals surface area contributed by atoms with E-state index >= 15 is 0 Å². The van der Waals surface area contributed by atoms with Gasteiger partial charge in [0.2, 0.25) is 0 Å². The lowest BCUT2D eigenvalue weighted by atomic mass is 9.95. The summed E-state index contributed by atoms with van der Waals surface area (Å²) >= 11 is 0. The van der Waals surface area contributed by atoms with Gasteiger partial charge in [0.25, 0.3) is 11.7 Å². The van der Waals surface area contributed by atoms with E-state index in [1.165, 1.54) is 4.90 Å². The molecular formula is C29H30N2O5. The first kappa shape index (κ1) is 24.9. The number of carbonyl (C=O) groups is 2. The van der Waals surface area contributed by atoms with Gasteiger partial charge in [-0.25, -0.2) is 0 Å². The van der Waals surface area contributed by atoms with Crippen LogP contribution in [0.25, 0.3) is 5.76 Å². The van der Waals surface area contributed by atoms with Crippen LogP contribution < -0.4 is 14.4 Å². The molecule has 1 atom stereocenters. The summed E-state index contributed by atoms with van der Waals surface area (Å²) in [5.41, 5.74) is 2.95. The summed E-state index contributed by atoms with van der Waals surface area (Å²) in [4.78, 5) is 30.1. The van der Waals surface area contributed by atoms with Gasteiger partial charge < -0.3 is 24.4 Å². The number of Topliss-reactive ketones (excluding diaryl/α,β-unsaturated/α-hetero) is 1. The van der Waals surface area contributed by atoms with Crippen LogP contribution in [-0.2, 0) is 16.1 Å². The van der Waals surface area contributed by atoms with Crippen molar-refractivity contribution in [3.05, 3.63) is 95.1 Å². The van der Waals surface area contributed by atoms with E-state index in [9.17, 15) is 14.7 Å². The molecule has 1 fully saturated rings. The Morgan fingerprint density at radius 3 is 2.25 bits per heavy atom. The SMILES string of the molecule is CCOc1ccc(/C(O)=C2/C(=O)C(=O)N(Cc3ccccc3OC)C2c2ccc(N(C)C)cc2)cc1. The number of nitrogens with zero attached hydrogens (tertiary/aromatic N) is 2. The molecule has 1 N–H and O–H groups in total. The Hall–Kier alpha value is -4.26. The molecule has 3 aromatic rings. The quantitative estimate of drug-likeness (QED) is 0.280. The number of carbonyl (C=O) groups excluding carboxylic acids is 2. The Balaban J connectivity index is 1.83. The Labute approximate surface area is 211 Å². The second-order valence-corrected chi connectivity index (χ2v) is 8.68. The van der Waals surface area contributed by atoms with E-state index < -0.39 is 17.7 Å². The highest BCUT2D eigenvalue weighted by molar-refractivity contribution is 6.46. The van der Waals surface area contributed by atoms with Gasteiger partial charge in [0.15, 0.2) is 0 Å². The summed E-state index contributed by atoms with van der Waals surface area (Å²) in [5, 5.41) is 11.3. The maximum absolute atomic E-state index is 13.3. The second kappa shape index (κ2) is 10.6. The molecule has 1 aliphatic heterocycles. The number of methoxy groups -OCH3 is 1. The fraction of sp³-hybridized carbons (Fsp3) is 0.241. The van der Waals surface area contributed by atoms with Crippen molar-refractivity contribution in [2.45, 2.75) is 19.5 Å². The van der Waals surface area contributed by atoms with Gasteiger partial charge in [-0.05, 0) is 55.0 Å². The number of amides is 1. The molecule has 0 aliphatic carbocycles. The largest absolute Gasteiger partial charge is 0.507 e. The molecule has 7 nitrogen and oxygen atoms in total. The van der Waals surface area contributed by atoms with E-state index in [1.807, 2.05) is 74.4 Å². The van der Waals surface area contributed by atoms with Gasteiger partial charge in [-0.3, -0.25) is 9.59 Å². The molecule has 186 valence electrons. The number of ether oxygens (including phenoxy) is 2. The predicted octanol–water partition coefficient (Wildman–Crippen LogP) is 4.78. The van der Waals surface area contributed by atoms with Gasteiger partial charge >= 0.3 is 0 Å². The van der Waals surface area contributed by atoms with Gasteiger partial charge in [0, 0.05) is 30.9 Å². The molecular weight excluding hydrogens is 456 g/mol. The van der Waals surface area contributed by atoms with Crippen molar-refractivity contribution in [2.24, 2.45) is 0 Å². The van der Waals surface area contributed by atoms with E-state index in [1.54, 1.807) is 31.4 Å². The Kier molecular flexibility index (Phi) is 7.29. The lowest BCUT2D eigenvalue weighted by Crippen LogP contribution is -2.29. The normalized spacial score (nSPS) is 16.8. The van der Waals surface area contributed by atoms with Crippen molar-refractivity contribution < 1.29 is 24.2 Å². The number of hydrogen-bond acceptors (Lipinski definition) is 6. The second-order valence-electron chi connectivity index (χ2n) is 8.68. The summed E-state index contributed by atoms with van der Waals surface area (Å²) in [5.74, 6) is -0.345. The van der Waals surface area contributed by atoms with Gasteiger partial charge in [-0.2, -0.15) is 0 Å². The highest BCUT2D eigenvalue weighted by Crippen LogP contribution is 2.41. The molecule has 0 spiro atoms. The van der Waals surface area contributed by atoms with Crippen LogP contribution in [0.1, 0.15) is 29.7 Å². The number of hydrogen-bond donors (Lipinski definition) is 1. The zero-order valence-corrected chi connectivity index (χ0v) is 20.9. The zero-order chi connectivity index (χ0) is 25.8. The maximum Gasteiger partial charge on any atom is 0.295 e. The first-order valence-electron chi connectivity index (χ1n) is 11.8. The predicted molar refractivity (Wildman–Crippen MR) is 139 cm³/mol. The number of ketones is 1. The summed E-state index contributed by atoms with van der Waals surface area (Å²) in [6.45, 7) is 2.55. The number of likely N-dealkylation sites (tertiary alicyclic amines) is 1. The molecule has 1 heterocycles. The summed E-state index contributed by atoms with van der Waals surface area (Å²) in [7, 11) is 5.44. The molecule has 36 heavy (non-hydrogen) atoms. The number of para-hydroxylation sites is 1. The number of anilines is 1. The third-order valence-corrected chi connectivity index (χ3v) is 6.24. The highest BCUT2D eigenvalue weighted by Gasteiger charge is 2.46. The van der Waals surface area contributed by atoms with Crippen molar-refractivity contribution >= 4 is 23.1 Å². The van der Waals surface area contributed by atoms with Crippen LogP contribution in [0, 0.1) is 0 Å². The van der Waals surface area contributed by atoms with E-state index in [-0.39, 0.29) is 17.9 Å². The first-order valence-corrected chi connectivity index (χ1v) is 11.8. The number of benzene rings is 3. The monoisotopic (exact) mass is 486 g/mol. The van der Waals surface area contributed by atoms with Crippen molar-refractivity contribution in [1.82, 2.24) is 4.90 Å². The van der Waals surface area contributed by atoms with Crippen molar-refractivity contribution in [3.63, 3.8) is 0 Å². The average Bonchev–Trinajstić information content (AvgIpc) is 3.14. The number of aliphatic hydroxyl groups is 1. The third-order valence-electron chi connectivity index (χ3n) is 6.24. The summed E-state index contributed by atoms with van der Waals surface area (Å²) in [6, 6.07) is 21.0. The van der Waals surface area contributed by atoms with E-state index in [2.05, 4.69) is 0 Å². The van der Waals surface area contributed by atoms with Crippen LogP contribution >= 0.6 is 0 Å². The van der Waals surface area contributed by atoms with E-state index in [0.717, 1.165) is 16.8 Å².